The van der Waals surface area contributed by atoms with Gasteiger partial charge in [-0.05, 0) is 26.0 Å². The van der Waals surface area contributed by atoms with Crippen LogP contribution in [0.15, 0.2) is 34.5 Å². The lowest BCUT2D eigenvalue weighted by Crippen LogP contribution is -2.23. The molecule has 1 rings (SSSR count). The van der Waals surface area contributed by atoms with Crippen molar-refractivity contribution >= 4 is 17.3 Å². The molecule has 20 heavy (non-hydrogen) atoms. The maximum atomic E-state index is 12.2. The number of alkyl halides is 3. The molecule has 0 atom stereocenters. The molecule has 8 heteroatoms. The van der Waals surface area contributed by atoms with E-state index in [1.54, 1.807) is 0 Å². The van der Waals surface area contributed by atoms with Gasteiger partial charge in [-0.3, -0.25) is 9.59 Å². The predicted octanol–water partition coefficient (Wildman–Crippen LogP) is 3.22. The van der Waals surface area contributed by atoms with Crippen molar-refractivity contribution < 1.29 is 27.5 Å². The minimum Gasteiger partial charge on any atom is -0.403 e. The Bertz CT molecular complexity index is 527. The molecule has 0 saturated heterocycles. The van der Waals surface area contributed by atoms with Crippen molar-refractivity contribution in [1.82, 2.24) is 0 Å². The van der Waals surface area contributed by atoms with Gasteiger partial charge in [-0.2, -0.15) is 10.2 Å². The number of ether oxygens (including phenoxy) is 1. The minimum atomic E-state index is -4.87. The van der Waals surface area contributed by atoms with Gasteiger partial charge in [0.15, 0.2) is 23.4 Å². The lowest BCUT2D eigenvalue weighted by molar-refractivity contribution is -0.274. The number of hydrogen-bond donors (Lipinski definition) is 0. The van der Waals surface area contributed by atoms with Crippen LogP contribution in [-0.4, -0.2) is 24.0 Å². The Hall–Kier alpha value is -2.25. The summed E-state index contributed by atoms with van der Waals surface area (Å²) < 4.78 is 40.3. The summed E-state index contributed by atoms with van der Waals surface area (Å²) >= 11 is 0. The zero-order valence-corrected chi connectivity index (χ0v) is 10.6. The molecule has 1 aromatic carbocycles. The molecule has 0 unspecified atom stereocenters. The van der Waals surface area contributed by atoms with Gasteiger partial charge in [-0.1, -0.05) is 12.1 Å². The minimum absolute atomic E-state index is 0.225. The van der Waals surface area contributed by atoms with E-state index >= 15 is 0 Å². The molecule has 108 valence electrons. The second kappa shape index (κ2) is 6.27. The summed E-state index contributed by atoms with van der Waals surface area (Å²) in [6, 6.07) is 3.70. The number of Topliss-reactive ketones (excluding diaryl/α,β-unsaturated/α-hetero) is 2. The van der Waals surface area contributed by atoms with Crippen LogP contribution in [0.2, 0.25) is 0 Å². The van der Waals surface area contributed by atoms with Crippen LogP contribution in [0.3, 0.4) is 0 Å². The lowest BCUT2D eigenvalue weighted by Gasteiger charge is -2.10. The van der Waals surface area contributed by atoms with E-state index in [4.69, 9.17) is 0 Å². The number of rotatable bonds is 5. The van der Waals surface area contributed by atoms with E-state index in [0.717, 1.165) is 19.9 Å². The van der Waals surface area contributed by atoms with Crippen molar-refractivity contribution in [3.05, 3.63) is 24.3 Å². The van der Waals surface area contributed by atoms with E-state index in [-0.39, 0.29) is 5.69 Å². The first-order valence-corrected chi connectivity index (χ1v) is 5.47. The number of para-hydroxylation sites is 1. The van der Waals surface area contributed by atoms with Gasteiger partial charge in [-0.25, -0.2) is 0 Å². The molecule has 0 bridgehead atoms. The van der Waals surface area contributed by atoms with Gasteiger partial charge in [0.25, 0.3) is 0 Å². The van der Waals surface area contributed by atoms with Crippen LogP contribution < -0.4 is 4.74 Å². The largest absolute Gasteiger partial charge is 0.573 e. The molecule has 0 fully saturated rings. The Balaban J connectivity index is 3.03. The third-order valence-electron chi connectivity index (χ3n) is 2.14. The Morgan fingerprint density at radius 2 is 1.70 bits per heavy atom. The highest BCUT2D eigenvalue weighted by atomic mass is 19.4. The summed E-state index contributed by atoms with van der Waals surface area (Å²) in [6.07, 6.45) is -4.87. The van der Waals surface area contributed by atoms with Gasteiger partial charge >= 0.3 is 6.36 Å². The van der Waals surface area contributed by atoms with Gasteiger partial charge in [0, 0.05) is 0 Å². The molecular weight excluding hydrogens is 277 g/mol. The van der Waals surface area contributed by atoms with Crippen LogP contribution >= 0.6 is 0 Å². The first kappa shape index (κ1) is 15.8. The maximum Gasteiger partial charge on any atom is 0.573 e. The fraction of sp³-hybridized carbons (Fsp3) is 0.333. The maximum absolute atomic E-state index is 12.2. The number of carbonyl (C=O) groups excluding carboxylic acids is 2. The Morgan fingerprint density at radius 3 is 2.20 bits per heavy atom. The van der Waals surface area contributed by atoms with E-state index in [1.165, 1.54) is 18.2 Å². The molecule has 0 spiro atoms. The van der Waals surface area contributed by atoms with Gasteiger partial charge in [0.2, 0.25) is 0 Å². The highest BCUT2D eigenvalue weighted by Gasteiger charge is 2.32. The molecule has 5 nitrogen and oxygen atoms in total. The highest BCUT2D eigenvalue weighted by molar-refractivity contribution is 6.04. The van der Waals surface area contributed by atoms with E-state index in [9.17, 15) is 22.8 Å². The Morgan fingerprint density at radius 1 is 1.15 bits per heavy atom. The summed E-state index contributed by atoms with van der Waals surface area (Å²) in [7, 11) is 0. The molecular formula is C12H11F3N2O3. The van der Waals surface area contributed by atoms with Crippen LogP contribution in [0, 0.1) is 0 Å². The molecule has 0 aliphatic heterocycles. The van der Waals surface area contributed by atoms with E-state index < -0.39 is 29.7 Å². The smallest absolute Gasteiger partial charge is 0.403 e. The van der Waals surface area contributed by atoms with Crippen LogP contribution in [0.1, 0.15) is 13.8 Å². The van der Waals surface area contributed by atoms with Crippen molar-refractivity contribution in [2.45, 2.75) is 26.3 Å². The molecule has 0 radical (unpaired) electrons. The molecule has 0 amide bonds. The molecule has 0 saturated carbocycles. The molecule has 0 N–H and O–H groups in total. The fourth-order valence-electron chi connectivity index (χ4n) is 1.32. The average molecular weight is 288 g/mol. The lowest BCUT2D eigenvalue weighted by atomic mass is 10.1. The van der Waals surface area contributed by atoms with Crippen molar-refractivity contribution in [2.24, 2.45) is 10.2 Å². The quantitative estimate of drug-likeness (QED) is 0.617. The van der Waals surface area contributed by atoms with E-state index in [0.29, 0.717) is 0 Å². The summed E-state index contributed by atoms with van der Waals surface area (Å²) in [5.41, 5.74) is -0.225. The number of nitrogens with zero attached hydrogens (tertiary/aromatic N) is 2. The third kappa shape index (κ3) is 4.79. The fourth-order valence-corrected chi connectivity index (χ4v) is 1.32. The second-order valence-electron chi connectivity index (χ2n) is 3.85. The van der Waals surface area contributed by atoms with Crippen molar-refractivity contribution in [3.63, 3.8) is 0 Å². The van der Waals surface area contributed by atoms with Gasteiger partial charge < -0.3 is 4.74 Å². The molecule has 0 heterocycles. The van der Waals surface area contributed by atoms with Gasteiger partial charge in [0.05, 0.1) is 0 Å². The Labute approximate surface area is 112 Å². The second-order valence-corrected chi connectivity index (χ2v) is 3.85. The summed E-state index contributed by atoms with van der Waals surface area (Å²) in [4.78, 5) is 22.3. The zero-order valence-electron chi connectivity index (χ0n) is 10.6. The van der Waals surface area contributed by atoms with E-state index in [1.807, 2.05) is 0 Å². The monoisotopic (exact) mass is 288 g/mol. The molecule has 1 aromatic rings. The molecule has 0 aliphatic rings. The van der Waals surface area contributed by atoms with Crippen LogP contribution in [0.4, 0.5) is 18.9 Å². The number of carbonyl (C=O) groups is 2. The Kier molecular flexibility index (Phi) is 4.95. The van der Waals surface area contributed by atoms with Gasteiger partial charge in [0.1, 0.15) is 5.69 Å². The number of halogens is 3. The summed E-state index contributed by atoms with van der Waals surface area (Å²) in [6.45, 7) is 2.28. The number of ketones is 2. The van der Waals surface area contributed by atoms with Crippen molar-refractivity contribution in [3.8, 4) is 5.75 Å². The van der Waals surface area contributed by atoms with Crippen LogP contribution in [-0.2, 0) is 9.59 Å². The SMILES string of the molecule is CC(=O)C(N=Nc1ccccc1OC(F)(F)F)C(C)=O. The van der Waals surface area contributed by atoms with Crippen LogP contribution in [0.25, 0.3) is 0 Å². The standard InChI is InChI=1S/C12H11F3N2O3/c1-7(18)11(8(2)19)17-16-9-5-3-4-6-10(9)20-12(13,14)15/h3-6,11H,1-2H3. The van der Waals surface area contributed by atoms with Gasteiger partial charge in [-0.15, -0.1) is 13.2 Å². The first-order valence-electron chi connectivity index (χ1n) is 5.47. The topological polar surface area (TPSA) is 68.1 Å². The number of benzene rings is 1. The molecule has 0 aromatic heterocycles. The number of azo groups is 1. The average Bonchev–Trinajstić information content (AvgIpc) is 2.28. The predicted molar refractivity (Wildman–Crippen MR) is 62.8 cm³/mol. The third-order valence-corrected chi connectivity index (χ3v) is 2.14. The van der Waals surface area contributed by atoms with Crippen LogP contribution in [0.5, 0.6) is 5.75 Å². The normalized spacial score (nSPS) is 11.9. The number of hydrogen-bond acceptors (Lipinski definition) is 5. The summed E-state index contributed by atoms with van der Waals surface area (Å²) in [5.74, 6) is -1.65. The van der Waals surface area contributed by atoms with Crippen molar-refractivity contribution in [1.29, 1.82) is 0 Å². The summed E-state index contributed by atoms with van der Waals surface area (Å²) in [5, 5.41) is 6.95. The molecule has 0 aliphatic carbocycles. The zero-order chi connectivity index (χ0) is 15.3. The van der Waals surface area contributed by atoms with Crippen molar-refractivity contribution in [2.75, 3.05) is 0 Å². The van der Waals surface area contributed by atoms with E-state index in [2.05, 4.69) is 15.0 Å². The highest BCUT2D eigenvalue weighted by Crippen LogP contribution is 2.32. The first-order chi connectivity index (χ1) is 9.20.